The Kier molecular flexibility index (Phi) is 5.16. The number of likely N-dealkylation sites (N-methyl/N-ethyl adjacent to an activating group) is 1. The molecule has 0 bridgehead atoms. The van der Waals surface area contributed by atoms with E-state index in [9.17, 15) is 0 Å². The second kappa shape index (κ2) is 6.87. The van der Waals surface area contributed by atoms with E-state index in [1.807, 2.05) is 12.4 Å². The quantitative estimate of drug-likeness (QED) is 0.875. The number of hydrogen-bond acceptors (Lipinski definition) is 4. The summed E-state index contributed by atoms with van der Waals surface area (Å²) < 4.78 is 0. The zero-order chi connectivity index (χ0) is 13.7. The fourth-order valence-corrected chi connectivity index (χ4v) is 2.71. The SMILES string of the molecule is CCNCc1ccncc1N1CCN(C)C(CC)C1. The van der Waals surface area contributed by atoms with E-state index in [0.717, 1.165) is 32.7 Å². The summed E-state index contributed by atoms with van der Waals surface area (Å²) in [5, 5.41) is 3.41. The van der Waals surface area contributed by atoms with E-state index in [0.29, 0.717) is 6.04 Å². The summed E-state index contributed by atoms with van der Waals surface area (Å²) >= 11 is 0. The number of nitrogens with zero attached hydrogens (tertiary/aromatic N) is 3. The van der Waals surface area contributed by atoms with Crippen LogP contribution < -0.4 is 10.2 Å². The first kappa shape index (κ1) is 14.3. The predicted molar refractivity (Wildman–Crippen MR) is 80.5 cm³/mol. The molecule has 1 fully saturated rings. The molecule has 0 aromatic carbocycles. The van der Waals surface area contributed by atoms with Crippen LogP contribution in [0.5, 0.6) is 0 Å². The number of rotatable bonds is 5. The minimum atomic E-state index is 0.654. The highest BCUT2D eigenvalue weighted by Gasteiger charge is 2.24. The van der Waals surface area contributed by atoms with Gasteiger partial charge in [0.2, 0.25) is 0 Å². The van der Waals surface area contributed by atoms with Gasteiger partial charge in [-0.1, -0.05) is 13.8 Å². The molecule has 1 N–H and O–H groups in total. The molecule has 1 aliphatic rings. The molecule has 0 spiro atoms. The molecule has 4 heteroatoms. The summed E-state index contributed by atoms with van der Waals surface area (Å²) in [6.45, 7) is 9.68. The molecule has 2 rings (SSSR count). The molecule has 0 saturated carbocycles. The lowest BCUT2D eigenvalue weighted by molar-refractivity contribution is 0.213. The molecule has 1 aliphatic heterocycles. The molecule has 106 valence electrons. The van der Waals surface area contributed by atoms with Crippen molar-refractivity contribution in [3.05, 3.63) is 24.0 Å². The van der Waals surface area contributed by atoms with Crippen LogP contribution in [0.3, 0.4) is 0 Å². The Morgan fingerprint density at radius 3 is 2.95 bits per heavy atom. The highest BCUT2D eigenvalue weighted by atomic mass is 15.3. The summed E-state index contributed by atoms with van der Waals surface area (Å²) in [6, 6.07) is 2.79. The van der Waals surface area contributed by atoms with Gasteiger partial charge in [0.25, 0.3) is 0 Å². The van der Waals surface area contributed by atoms with Gasteiger partial charge in [-0.2, -0.15) is 0 Å². The zero-order valence-corrected chi connectivity index (χ0v) is 12.4. The van der Waals surface area contributed by atoms with E-state index in [4.69, 9.17) is 0 Å². The lowest BCUT2D eigenvalue weighted by atomic mass is 10.1. The van der Waals surface area contributed by atoms with Crippen LogP contribution >= 0.6 is 0 Å². The Hall–Kier alpha value is -1.13. The standard InChI is InChI=1S/C15H26N4/c1-4-14-12-19(9-8-18(14)3)15-11-17-7-6-13(15)10-16-5-2/h6-7,11,14,16H,4-5,8-10,12H2,1-3H3. The molecule has 2 heterocycles. The van der Waals surface area contributed by atoms with Crippen molar-refractivity contribution in [1.82, 2.24) is 15.2 Å². The van der Waals surface area contributed by atoms with Gasteiger partial charge in [0.15, 0.2) is 0 Å². The third-order valence-electron chi connectivity index (χ3n) is 4.04. The first-order chi connectivity index (χ1) is 9.26. The van der Waals surface area contributed by atoms with E-state index in [-0.39, 0.29) is 0 Å². The van der Waals surface area contributed by atoms with E-state index in [2.05, 4.69) is 47.1 Å². The topological polar surface area (TPSA) is 31.4 Å². The van der Waals surface area contributed by atoms with E-state index >= 15 is 0 Å². The van der Waals surface area contributed by atoms with Gasteiger partial charge in [-0.15, -0.1) is 0 Å². The predicted octanol–water partition coefficient (Wildman–Crippen LogP) is 1.72. The van der Waals surface area contributed by atoms with Crippen LogP contribution in [0, 0.1) is 0 Å². The second-order valence-corrected chi connectivity index (χ2v) is 5.27. The average Bonchev–Trinajstić information content (AvgIpc) is 2.46. The largest absolute Gasteiger partial charge is 0.367 e. The Bertz CT molecular complexity index is 393. The Morgan fingerprint density at radius 1 is 1.37 bits per heavy atom. The normalized spacial score (nSPS) is 20.8. The fourth-order valence-electron chi connectivity index (χ4n) is 2.71. The minimum Gasteiger partial charge on any atom is -0.367 e. The highest BCUT2D eigenvalue weighted by molar-refractivity contribution is 5.52. The van der Waals surface area contributed by atoms with Gasteiger partial charge in [0, 0.05) is 38.4 Å². The molecule has 1 unspecified atom stereocenters. The molecule has 1 aromatic rings. The van der Waals surface area contributed by atoms with Crippen LogP contribution in [0.2, 0.25) is 0 Å². The number of nitrogens with one attached hydrogen (secondary N) is 1. The summed E-state index contributed by atoms with van der Waals surface area (Å²) in [5.41, 5.74) is 2.66. The number of hydrogen-bond donors (Lipinski definition) is 1. The number of aromatic nitrogens is 1. The summed E-state index contributed by atoms with van der Waals surface area (Å²) in [4.78, 5) is 9.28. The molecule has 0 radical (unpaired) electrons. The molecule has 1 saturated heterocycles. The number of pyridine rings is 1. The van der Waals surface area contributed by atoms with Gasteiger partial charge in [-0.05, 0) is 31.6 Å². The third-order valence-corrected chi connectivity index (χ3v) is 4.04. The molecule has 0 amide bonds. The summed E-state index contributed by atoms with van der Waals surface area (Å²) in [7, 11) is 2.23. The van der Waals surface area contributed by atoms with E-state index in [1.54, 1.807) is 0 Å². The molecule has 19 heavy (non-hydrogen) atoms. The fraction of sp³-hybridized carbons (Fsp3) is 0.667. The van der Waals surface area contributed by atoms with Crippen LogP contribution in [0.15, 0.2) is 18.5 Å². The van der Waals surface area contributed by atoms with Gasteiger partial charge in [-0.25, -0.2) is 0 Å². The number of anilines is 1. The maximum absolute atomic E-state index is 4.32. The van der Waals surface area contributed by atoms with E-state index < -0.39 is 0 Å². The van der Waals surface area contributed by atoms with Crippen LogP contribution in [-0.2, 0) is 6.54 Å². The molecular weight excluding hydrogens is 236 g/mol. The summed E-state index contributed by atoms with van der Waals surface area (Å²) in [6.07, 6.45) is 5.12. The Morgan fingerprint density at radius 2 is 2.21 bits per heavy atom. The highest BCUT2D eigenvalue weighted by Crippen LogP contribution is 2.23. The van der Waals surface area contributed by atoms with Crippen molar-refractivity contribution in [1.29, 1.82) is 0 Å². The first-order valence-corrected chi connectivity index (χ1v) is 7.35. The average molecular weight is 262 g/mol. The second-order valence-electron chi connectivity index (χ2n) is 5.27. The Labute approximate surface area is 116 Å². The van der Waals surface area contributed by atoms with Crippen molar-refractivity contribution in [2.24, 2.45) is 0 Å². The third kappa shape index (κ3) is 3.45. The van der Waals surface area contributed by atoms with E-state index in [1.165, 1.54) is 17.7 Å². The first-order valence-electron chi connectivity index (χ1n) is 7.35. The van der Waals surface area contributed by atoms with Crippen LogP contribution in [0.1, 0.15) is 25.8 Å². The zero-order valence-electron chi connectivity index (χ0n) is 12.4. The monoisotopic (exact) mass is 262 g/mol. The van der Waals surface area contributed by atoms with Gasteiger partial charge in [-0.3, -0.25) is 9.88 Å². The van der Waals surface area contributed by atoms with Crippen molar-refractivity contribution in [2.45, 2.75) is 32.9 Å². The van der Waals surface area contributed by atoms with Crippen molar-refractivity contribution >= 4 is 5.69 Å². The molecule has 0 aliphatic carbocycles. The molecular formula is C15H26N4. The lowest BCUT2D eigenvalue weighted by Crippen LogP contribution is -2.51. The minimum absolute atomic E-state index is 0.654. The van der Waals surface area contributed by atoms with Crippen molar-refractivity contribution < 1.29 is 0 Å². The van der Waals surface area contributed by atoms with Gasteiger partial charge >= 0.3 is 0 Å². The van der Waals surface area contributed by atoms with Crippen LogP contribution in [0.4, 0.5) is 5.69 Å². The maximum Gasteiger partial charge on any atom is 0.0599 e. The van der Waals surface area contributed by atoms with Crippen molar-refractivity contribution in [3.63, 3.8) is 0 Å². The molecule has 1 atom stereocenters. The molecule has 4 nitrogen and oxygen atoms in total. The van der Waals surface area contributed by atoms with Gasteiger partial charge < -0.3 is 10.2 Å². The van der Waals surface area contributed by atoms with Gasteiger partial charge in [0.05, 0.1) is 11.9 Å². The van der Waals surface area contributed by atoms with Crippen LogP contribution in [-0.4, -0.2) is 49.2 Å². The smallest absolute Gasteiger partial charge is 0.0599 e. The maximum atomic E-state index is 4.32. The molecule has 1 aromatic heterocycles. The van der Waals surface area contributed by atoms with Crippen molar-refractivity contribution in [3.8, 4) is 0 Å². The summed E-state index contributed by atoms with van der Waals surface area (Å²) in [5.74, 6) is 0. The Balaban J connectivity index is 2.12. The van der Waals surface area contributed by atoms with Crippen LogP contribution in [0.25, 0.3) is 0 Å². The van der Waals surface area contributed by atoms with Crippen molar-refractivity contribution in [2.75, 3.05) is 38.1 Å². The van der Waals surface area contributed by atoms with Gasteiger partial charge in [0.1, 0.15) is 0 Å². The lowest BCUT2D eigenvalue weighted by Gasteiger charge is -2.40. The number of piperazine rings is 1.